The molecule has 1 saturated heterocycles. The van der Waals surface area contributed by atoms with E-state index >= 15 is 0 Å². The first-order valence-electron chi connectivity index (χ1n) is 10.2. The molecule has 158 valence electrons. The first-order chi connectivity index (χ1) is 14.1. The quantitative estimate of drug-likeness (QED) is 0.618. The molecular formula is C23H29F2NO3. The third-order valence-electron chi connectivity index (χ3n) is 5.51. The number of nitrogens with one attached hydrogen (secondary N) is 1. The number of methoxy groups -OCH3 is 1. The Morgan fingerprint density at radius 3 is 2.55 bits per heavy atom. The maximum absolute atomic E-state index is 14.3. The van der Waals surface area contributed by atoms with E-state index in [2.05, 4.69) is 5.32 Å². The molecule has 0 aliphatic carbocycles. The molecule has 2 aromatic carbocycles. The lowest BCUT2D eigenvalue weighted by Crippen LogP contribution is -2.37. The summed E-state index contributed by atoms with van der Waals surface area (Å²) in [5.41, 5.74) is 0.206. The van der Waals surface area contributed by atoms with Gasteiger partial charge in [-0.05, 0) is 87.0 Å². The van der Waals surface area contributed by atoms with Crippen molar-refractivity contribution >= 4 is 0 Å². The van der Waals surface area contributed by atoms with Gasteiger partial charge in [0.25, 0.3) is 0 Å². The van der Waals surface area contributed by atoms with Gasteiger partial charge in [-0.3, -0.25) is 0 Å². The Kier molecular flexibility index (Phi) is 7.98. The molecule has 1 aliphatic heterocycles. The third-order valence-corrected chi connectivity index (χ3v) is 5.51. The first kappa shape index (κ1) is 21.7. The number of aliphatic hydroxyl groups is 1. The van der Waals surface area contributed by atoms with Crippen LogP contribution in [0.1, 0.15) is 43.8 Å². The summed E-state index contributed by atoms with van der Waals surface area (Å²) in [4.78, 5) is 0. The van der Waals surface area contributed by atoms with Gasteiger partial charge in [-0.1, -0.05) is 0 Å². The summed E-state index contributed by atoms with van der Waals surface area (Å²) in [6.07, 6.45) is 3.52. The van der Waals surface area contributed by atoms with Gasteiger partial charge >= 0.3 is 0 Å². The van der Waals surface area contributed by atoms with Crippen LogP contribution < -0.4 is 10.1 Å². The number of rotatable bonds is 9. The second-order valence-electron chi connectivity index (χ2n) is 7.57. The lowest BCUT2D eigenvalue weighted by atomic mass is 9.90. The van der Waals surface area contributed by atoms with Gasteiger partial charge in [0.15, 0.2) is 0 Å². The molecule has 6 heteroatoms. The molecule has 2 unspecified atom stereocenters. The van der Waals surface area contributed by atoms with Crippen LogP contribution in [0.25, 0.3) is 0 Å². The molecule has 0 saturated carbocycles. The molecule has 1 heterocycles. The molecule has 2 aromatic rings. The van der Waals surface area contributed by atoms with Crippen molar-refractivity contribution in [3.63, 3.8) is 0 Å². The van der Waals surface area contributed by atoms with Crippen LogP contribution in [0.2, 0.25) is 0 Å². The molecule has 0 bridgehead atoms. The van der Waals surface area contributed by atoms with Crippen LogP contribution in [0.15, 0.2) is 42.5 Å². The standard InChI is InChI=1S/C23H29F2NO3/c1-28-23(16-4-3-13-26-15-16)6-2-5-22(27)20-14-19(11-12-21(20)25)29-18-9-7-17(24)8-10-18/h7-12,14,16,22-23,26-27H,2-6,13,15H2,1H3/t16-,22?,23?/m1/s1. The van der Waals surface area contributed by atoms with Crippen LogP contribution >= 0.6 is 0 Å². The van der Waals surface area contributed by atoms with Crippen molar-refractivity contribution in [2.45, 2.75) is 44.3 Å². The molecule has 0 aromatic heterocycles. The van der Waals surface area contributed by atoms with Crippen molar-refractivity contribution in [3.05, 3.63) is 59.7 Å². The molecule has 0 amide bonds. The minimum absolute atomic E-state index is 0.146. The van der Waals surface area contributed by atoms with Crippen LogP contribution in [-0.2, 0) is 4.74 Å². The van der Waals surface area contributed by atoms with E-state index in [1.54, 1.807) is 7.11 Å². The van der Waals surface area contributed by atoms with E-state index in [0.717, 1.165) is 38.8 Å². The lowest BCUT2D eigenvalue weighted by molar-refractivity contribution is 0.0306. The number of hydrogen-bond donors (Lipinski definition) is 2. The predicted octanol–water partition coefficient (Wildman–Crippen LogP) is 4.98. The highest BCUT2D eigenvalue weighted by molar-refractivity contribution is 5.35. The fraction of sp³-hybridized carbons (Fsp3) is 0.478. The van der Waals surface area contributed by atoms with Crippen LogP contribution in [0.3, 0.4) is 0 Å². The Morgan fingerprint density at radius 1 is 1.10 bits per heavy atom. The Morgan fingerprint density at radius 2 is 1.86 bits per heavy atom. The summed E-state index contributed by atoms with van der Waals surface area (Å²) in [6.45, 7) is 2.01. The van der Waals surface area contributed by atoms with Gasteiger partial charge in [0, 0.05) is 19.2 Å². The molecule has 4 nitrogen and oxygen atoms in total. The van der Waals surface area contributed by atoms with Crippen molar-refractivity contribution in [1.82, 2.24) is 5.32 Å². The summed E-state index contributed by atoms with van der Waals surface area (Å²) in [5, 5.41) is 13.9. The van der Waals surface area contributed by atoms with Gasteiger partial charge in [-0.15, -0.1) is 0 Å². The van der Waals surface area contributed by atoms with Gasteiger partial charge in [-0.2, -0.15) is 0 Å². The number of hydrogen-bond acceptors (Lipinski definition) is 4. The fourth-order valence-electron chi connectivity index (χ4n) is 3.89. The second-order valence-corrected chi connectivity index (χ2v) is 7.57. The molecular weight excluding hydrogens is 376 g/mol. The lowest BCUT2D eigenvalue weighted by Gasteiger charge is -2.30. The maximum Gasteiger partial charge on any atom is 0.129 e. The van der Waals surface area contributed by atoms with Crippen molar-refractivity contribution in [3.8, 4) is 11.5 Å². The highest BCUT2D eigenvalue weighted by Gasteiger charge is 2.23. The van der Waals surface area contributed by atoms with Crippen molar-refractivity contribution in [2.75, 3.05) is 20.2 Å². The summed E-state index contributed by atoms with van der Waals surface area (Å²) in [7, 11) is 1.73. The Hall–Kier alpha value is -2.02. The maximum atomic E-state index is 14.3. The highest BCUT2D eigenvalue weighted by atomic mass is 19.1. The van der Waals surface area contributed by atoms with E-state index < -0.39 is 11.9 Å². The Bertz CT molecular complexity index is 763. The van der Waals surface area contributed by atoms with Gasteiger partial charge in [0.2, 0.25) is 0 Å². The summed E-state index contributed by atoms with van der Waals surface area (Å²) < 4.78 is 38.6. The van der Waals surface area contributed by atoms with E-state index in [1.807, 2.05) is 0 Å². The van der Waals surface area contributed by atoms with Gasteiger partial charge in [0.05, 0.1) is 12.2 Å². The van der Waals surface area contributed by atoms with Gasteiger partial charge in [-0.25, -0.2) is 8.78 Å². The number of halogens is 2. The molecule has 0 spiro atoms. The highest BCUT2D eigenvalue weighted by Crippen LogP contribution is 2.30. The van der Waals surface area contributed by atoms with Crippen LogP contribution in [-0.4, -0.2) is 31.4 Å². The SMILES string of the molecule is COC(CCCC(O)c1cc(Oc2ccc(F)cc2)ccc1F)[C@@H]1CCCNC1. The largest absolute Gasteiger partial charge is 0.457 e. The minimum atomic E-state index is -0.922. The predicted molar refractivity (Wildman–Crippen MR) is 108 cm³/mol. The molecule has 1 fully saturated rings. The molecule has 29 heavy (non-hydrogen) atoms. The van der Waals surface area contributed by atoms with Crippen LogP contribution in [0, 0.1) is 17.6 Å². The third kappa shape index (κ3) is 6.23. The van der Waals surface area contributed by atoms with E-state index in [-0.39, 0.29) is 17.5 Å². The summed E-state index contributed by atoms with van der Waals surface area (Å²) >= 11 is 0. The van der Waals surface area contributed by atoms with Gasteiger partial charge in [0.1, 0.15) is 23.1 Å². The van der Waals surface area contributed by atoms with E-state index in [1.165, 1.54) is 42.5 Å². The Labute approximate surface area is 170 Å². The van der Waals surface area contributed by atoms with Crippen molar-refractivity contribution in [2.24, 2.45) is 5.92 Å². The van der Waals surface area contributed by atoms with Crippen LogP contribution in [0.5, 0.6) is 11.5 Å². The zero-order chi connectivity index (χ0) is 20.6. The van der Waals surface area contributed by atoms with Gasteiger partial charge < -0.3 is 19.9 Å². The fourth-order valence-corrected chi connectivity index (χ4v) is 3.89. The summed E-state index contributed by atoms with van der Waals surface area (Å²) in [6, 6.07) is 9.86. The average Bonchev–Trinajstić information content (AvgIpc) is 2.74. The topological polar surface area (TPSA) is 50.7 Å². The second kappa shape index (κ2) is 10.7. The molecule has 2 N–H and O–H groups in total. The molecule has 0 radical (unpaired) electrons. The van der Waals surface area contributed by atoms with E-state index in [4.69, 9.17) is 9.47 Å². The molecule has 3 rings (SSSR count). The van der Waals surface area contributed by atoms with Crippen molar-refractivity contribution < 1.29 is 23.4 Å². The number of benzene rings is 2. The summed E-state index contributed by atoms with van der Waals surface area (Å²) in [5.74, 6) is 0.502. The number of piperidine rings is 1. The first-order valence-corrected chi connectivity index (χ1v) is 10.2. The zero-order valence-corrected chi connectivity index (χ0v) is 16.7. The number of aliphatic hydroxyl groups excluding tert-OH is 1. The van der Waals surface area contributed by atoms with Crippen molar-refractivity contribution in [1.29, 1.82) is 0 Å². The monoisotopic (exact) mass is 405 g/mol. The smallest absolute Gasteiger partial charge is 0.129 e. The zero-order valence-electron chi connectivity index (χ0n) is 16.7. The van der Waals surface area contributed by atoms with Crippen LogP contribution in [0.4, 0.5) is 8.78 Å². The normalized spacial score (nSPS) is 19.0. The minimum Gasteiger partial charge on any atom is -0.457 e. The average molecular weight is 405 g/mol. The number of ether oxygens (including phenoxy) is 2. The van der Waals surface area contributed by atoms with E-state index in [9.17, 15) is 13.9 Å². The Balaban J connectivity index is 1.56. The van der Waals surface area contributed by atoms with E-state index in [0.29, 0.717) is 23.8 Å². The molecule has 3 atom stereocenters. The molecule has 1 aliphatic rings.